The standard InChI is InChI=1S/C12H12FN3/c1-2-14-12-8-7-11(15-16-12)9-5-3-4-6-10(9)13/h3-8H,2H2,1H3,(H,14,16). The van der Waals surface area contributed by atoms with Gasteiger partial charge in [-0.05, 0) is 31.2 Å². The summed E-state index contributed by atoms with van der Waals surface area (Å²) in [4.78, 5) is 0. The van der Waals surface area contributed by atoms with Crippen molar-refractivity contribution in [3.63, 3.8) is 0 Å². The molecule has 0 fully saturated rings. The number of anilines is 1. The number of halogens is 1. The van der Waals surface area contributed by atoms with E-state index >= 15 is 0 Å². The normalized spacial score (nSPS) is 10.1. The first-order valence-corrected chi connectivity index (χ1v) is 5.13. The minimum absolute atomic E-state index is 0.284. The highest BCUT2D eigenvalue weighted by atomic mass is 19.1. The summed E-state index contributed by atoms with van der Waals surface area (Å²) in [5.41, 5.74) is 1.01. The van der Waals surface area contributed by atoms with Gasteiger partial charge in [-0.3, -0.25) is 0 Å². The minimum Gasteiger partial charge on any atom is -0.369 e. The van der Waals surface area contributed by atoms with E-state index in [-0.39, 0.29) is 5.82 Å². The number of hydrogen-bond donors (Lipinski definition) is 1. The quantitative estimate of drug-likeness (QED) is 0.859. The van der Waals surface area contributed by atoms with Gasteiger partial charge in [-0.25, -0.2) is 4.39 Å². The van der Waals surface area contributed by atoms with E-state index in [1.165, 1.54) is 6.07 Å². The Morgan fingerprint density at radius 1 is 1.12 bits per heavy atom. The molecular formula is C12H12FN3. The number of nitrogens with zero attached hydrogens (tertiary/aromatic N) is 2. The Bertz CT molecular complexity index is 468. The highest BCUT2D eigenvalue weighted by Gasteiger charge is 2.05. The van der Waals surface area contributed by atoms with E-state index in [1.54, 1.807) is 30.3 Å². The molecule has 0 atom stereocenters. The van der Waals surface area contributed by atoms with Crippen LogP contribution in [-0.2, 0) is 0 Å². The number of benzene rings is 1. The van der Waals surface area contributed by atoms with E-state index in [0.29, 0.717) is 17.1 Å². The average Bonchev–Trinajstić information content (AvgIpc) is 2.31. The maximum absolute atomic E-state index is 13.4. The lowest BCUT2D eigenvalue weighted by atomic mass is 10.1. The first kappa shape index (κ1) is 10.5. The summed E-state index contributed by atoms with van der Waals surface area (Å²) in [6.45, 7) is 2.76. The second-order valence-corrected chi connectivity index (χ2v) is 3.31. The van der Waals surface area contributed by atoms with Gasteiger partial charge in [0.15, 0.2) is 0 Å². The van der Waals surface area contributed by atoms with Crippen molar-refractivity contribution in [3.05, 3.63) is 42.2 Å². The zero-order valence-corrected chi connectivity index (χ0v) is 8.94. The molecule has 1 heterocycles. The Kier molecular flexibility index (Phi) is 3.10. The Balaban J connectivity index is 2.31. The smallest absolute Gasteiger partial charge is 0.148 e. The van der Waals surface area contributed by atoms with E-state index < -0.39 is 0 Å². The summed E-state index contributed by atoms with van der Waals surface area (Å²) in [6.07, 6.45) is 0. The second-order valence-electron chi connectivity index (χ2n) is 3.31. The Hall–Kier alpha value is -1.97. The fourth-order valence-corrected chi connectivity index (χ4v) is 1.42. The van der Waals surface area contributed by atoms with Gasteiger partial charge in [-0.1, -0.05) is 12.1 Å². The van der Waals surface area contributed by atoms with E-state index in [0.717, 1.165) is 6.54 Å². The molecule has 4 heteroatoms. The molecule has 0 radical (unpaired) electrons. The van der Waals surface area contributed by atoms with Crippen LogP contribution in [0.5, 0.6) is 0 Å². The van der Waals surface area contributed by atoms with E-state index in [2.05, 4.69) is 15.5 Å². The van der Waals surface area contributed by atoms with E-state index in [4.69, 9.17) is 0 Å². The van der Waals surface area contributed by atoms with Crippen LogP contribution in [0.2, 0.25) is 0 Å². The number of nitrogens with one attached hydrogen (secondary N) is 1. The second kappa shape index (κ2) is 4.70. The number of aromatic nitrogens is 2. The van der Waals surface area contributed by atoms with Crippen molar-refractivity contribution in [1.82, 2.24) is 10.2 Å². The van der Waals surface area contributed by atoms with Crippen LogP contribution < -0.4 is 5.32 Å². The monoisotopic (exact) mass is 217 g/mol. The maximum Gasteiger partial charge on any atom is 0.148 e. The molecule has 2 rings (SSSR count). The summed E-state index contributed by atoms with van der Waals surface area (Å²) < 4.78 is 13.4. The van der Waals surface area contributed by atoms with Gasteiger partial charge in [0.25, 0.3) is 0 Å². The number of hydrogen-bond acceptors (Lipinski definition) is 3. The van der Waals surface area contributed by atoms with Gasteiger partial charge in [0.2, 0.25) is 0 Å². The van der Waals surface area contributed by atoms with Crippen LogP contribution in [0.4, 0.5) is 10.2 Å². The third-order valence-corrected chi connectivity index (χ3v) is 2.17. The predicted octanol–water partition coefficient (Wildman–Crippen LogP) is 2.71. The average molecular weight is 217 g/mol. The largest absolute Gasteiger partial charge is 0.369 e. The van der Waals surface area contributed by atoms with Crippen molar-refractivity contribution in [1.29, 1.82) is 0 Å². The molecule has 2 aromatic rings. The molecule has 3 nitrogen and oxygen atoms in total. The molecule has 1 aromatic carbocycles. The Morgan fingerprint density at radius 2 is 1.94 bits per heavy atom. The molecule has 0 spiro atoms. The van der Waals surface area contributed by atoms with Gasteiger partial charge in [0.1, 0.15) is 11.6 Å². The van der Waals surface area contributed by atoms with Crippen LogP contribution in [0.1, 0.15) is 6.92 Å². The molecule has 0 aliphatic heterocycles. The zero-order chi connectivity index (χ0) is 11.4. The molecule has 0 saturated carbocycles. The van der Waals surface area contributed by atoms with E-state index in [9.17, 15) is 4.39 Å². The lowest BCUT2D eigenvalue weighted by molar-refractivity contribution is 0.630. The summed E-state index contributed by atoms with van der Waals surface area (Å²) >= 11 is 0. The topological polar surface area (TPSA) is 37.8 Å². The molecule has 0 unspecified atom stereocenters. The molecule has 0 aliphatic rings. The molecule has 0 aliphatic carbocycles. The van der Waals surface area contributed by atoms with Gasteiger partial charge in [-0.15, -0.1) is 10.2 Å². The van der Waals surface area contributed by atoms with Crippen molar-refractivity contribution >= 4 is 5.82 Å². The van der Waals surface area contributed by atoms with Crippen LogP contribution >= 0.6 is 0 Å². The van der Waals surface area contributed by atoms with Crippen LogP contribution in [0.3, 0.4) is 0 Å². The van der Waals surface area contributed by atoms with Gasteiger partial charge in [0, 0.05) is 12.1 Å². The molecule has 0 amide bonds. The summed E-state index contributed by atoms with van der Waals surface area (Å²) in [5.74, 6) is 0.413. The van der Waals surface area contributed by atoms with Crippen LogP contribution in [0.25, 0.3) is 11.3 Å². The Morgan fingerprint density at radius 3 is 2.56 bits per heavy atom. The summed E-state index contributed by atoms with van der Waals surface area (Å²) in [6, 6.07) is 10.1. The van der Waals surface area contributed by atoms with Gasteiger partial charge >= 0.3 is 0 Å². The molecule has 16 heavy (non-hydrogen) atoms. The van der Waals surface area contributed by atoms with Crippen LogP contribution in [0.15, 0.2) is 36.4 Å². The lowest BCUT2D eigenvalue weighted by Gasteiger charge is -2.03. The molecule has 1 N–H and O–H groups in total. The van der Waals surface area contributed by atoms with Crippen molar-refractivity contribution in [2.24, 2.45) is 0 Å². The fraction of sp³-hybridized carbons (Fsp3) is 0.167. The molecule has 1 aromatic heterocycles. The number of rotatable bonds is 3. The van der Waals surface area contributed by atoms with Gasteiger partial charge in [0.05, 0.1) is 5.69 Å². The third-order valence-electron chi connectivity index (χ3n) is 2.17. The predicted molar refractivity (Wildman–Crippen MR) is 61.6 cm³/mol. The van der Waals surface area contributed by atoms with Gasteiger partial charge in [-0.2, -0.15) is 0 Å². The zero-order valence-electron chi connectivity index (χ0n) is 8.94. The van der Waals surface area contributed by atoms with Crippen LogP contribution in [0, 0.1) is 5.82 Å². The fourth-order valence-electron chi connectivity index (χ4n) is 1.42. The van der Waals surface area contributed by atoms with Gasteiger partial charge < -0.3 is 5.32 Å². The minimum atomic E-state index is -0.284. The highest BCUT2D eigenvalue weighted by molar-refractivity contribution is 5.60. The van der Waals surface area contributed by atoms with Crippen molar-refractivity contribution in [3.8, 4) is 11.3 Å². The molecule has 0 bridgehead atoms. The SMILES string of the molecule is CCNc1ccc(-c2ccccc2F)nn1. The highest BCUT2D eigenvalue weighted by Crippen LogP contribution is 2.20. The summed E-state index contributed by atoms with van der Waals surface area (Å²) in [5, 5.41) is 11.0. The van der Waals surface area contributed by atoms with Crippen molar-refractivity contribution < 1.29 is 4.39 Å². The first-order valence-electron chi connectivity index (χ1n) is 5.13. The van der Waals surface area contributed by atoms with Crippen molar-refractivity contribution in [2.75, 3.05) is 11.9 Å². The van der Waals surface area contributed by atoms with Crippen molar-refractivity contribution in [2.45, 2.75) is 6.92 Å². The third kappa shape index (κ3) is 2.16. The molecule has 82 valence electrons. The molecular weight excluding hydrogens is 205 g/mol. The lowest BCUT2D eigenvalue weighted by Crippen LogP contribution is -2.00. The Labute approximate surface area is 93.3 Å². The maximum atomic E-state index is 13.4. The van der Waals surface area contributed by atoms with Crippen LogP contribution in [-0.4, -0.2) is 16.7 Å². The van der Waals surface area contributed by atoms with E-state index in [1.807, 2.05) is 6.92 Å². The summed E-state index contributed by atoms with van der Waals surface area (Å²) in [7, 11) is 0. The molecule has 0 saturated heterocycles. The first-order chi connectivity index (χ1) is 7.81.